The number of rotatable bonds is 4. The highest BCUT2D eigenvalue weighted by Gasteiger charge is 2.12. The second-order valence-electron chi connectivity index (χ2n) is 4.85. The molecular weight excluding hydrogens is 336 g/mol. The number of phenols is 1. The summed E-state index contributed by atoms with van der Waals surface area (Å²) in [6.45, 7) is 4.19. The van der Waals surface area contributed by atoms with E-state index in [1.807, 2.05) is 26.0 Å². The van der Waals surface area contributed by atoms with Crippen LogP contribution >= 0.6 is 15.9 Å². The van der Waals surface area contributed by atoms with Gasteiger partial charge in [0.25, 0.3) is 5.69 Å². The molecule has 0 bridgehead atoms. The van der Waals surface area contributed by atoms with Gasteiger partial charge in [-0.2, -0.15) is 0 Å². The van der Waals surface area contributed by atoms with Crippen molar-refractivity contribution in [2.45, 2.75) is 20.4 Å². The summed E-state index contributed by atoms with van der Waals surface area (Å²) in [7, 11) is 0. The van der Waals surface area contributed by atoms with Crippen LogP contribution in [0, 0.1) is 24.0 Å². The van der Waals surface area contributed by atoms with Crippen molar-refractivity contribution < 1.29 is 10.0 Å². The zero-order valence-electron chi connectivity index (χ0n) is 11.7. The van der Waals surface area contributed by atoms with Gasteiger partial charge in [0.15, 0.2) is 0 Å². The molecule has 6 heteroatoms. The van der Waals surface area contributed by atoms with Crippen molar-refractivity contribution in [1.29, 1.82) is 0 Å². The number of hydrogen-bond donors (Lipinski definition) is 2. The van der Waals surface area contributed by atoms with E-state index in [2.05, 4.69) is 21.2 Å². The Morgan fingerprint density at radius 2 is 1.95 bits per heavy atom. The summed E-state index contributed by atoms with van der Waals surface area (Å²) in [5.41, 5.74) is 3.47. The van der Waals surface area contributed by atoms with Crippen molar-refractivity contribution in [3.05, 3.63) is 61.6 Å². The molecule has 21 heavy (non-hydrogen) atoms. The van der Waals surface area contributed by atoms with Gasteiger partial charge in [0.05, 0.1) is 9.40 Å². The fourth-order valence-corrected chi connectivity index (χ4v) is 2.39. The van der Waals surface area contributed by atoms with Gasteiger partial charge in [-0.05, 0) is 64.7 Å². The monoisotopic (exact) mass is 350 g/mol. The second kappa shape index (κ2) is 6.13. The summed E-state index contributed by atoms with van der Waals surface area (Å²) in [4.78, 5) is 10.5. The van der Waals surface area contributed by atoms with Crippen LogP contribution in [0.1, 0.15) is 16.7 Å². The van der Waals surface area contributed by atoms with Crippen LogP contribution in [-0.2, 0) is 6.54 Å². The lowest BCUT2D eigenvalue weighted by Crippen LogP contribution is -2.02. The molecule has 2 N–H and O–H groups in total. The number of nitro benzene ring substituents is 1. The molecule has 0 aliphatic rings. The first-order chi connectivity index (χ1) is 9.88. The molecule has 0 spiro atoms. The van der Waals surface area contributed by atoms with Crippen molar-refractivity contribution in [3.63, 3.8) is 0 Å². The molecule has 110 valence electrons. The minimum Gasteiger partial charge on any atom is -0.508 e. The molecule has 0 atom stereocenters. The summed E-state index contributed by atoms with van der Waals surface area (Å²) < 4.78 is 0.466. The van der Waals surface area contributed by atoms with Gasteiger partial charge < -0.3 is 10.4 Å². The number of aromatic hydroxyl groups is 1. The standard InChI is InChI=1S/C15H15BrN2O3/c1-9-6-15(19)10(2)5-13(9)17-8-11-3-4-12(16)14(7-11)18(20)21/h3-7,17,19H,8H2,1-2H3. The van der Waals surface area contributed by atoms with E-state index in [1.165, 1.54) is 0 Å². The van der Waals surface area contributed by atoms with Crippen molar-refractivity contribution in [2.75, 3.05) is 5.32 Å². The van der Waals surface area contributed by atoms with Crippen LogP contribution in [-0.4, -0.2) is 10.0 Å². The number of halogens is 1. The van der Waals surface area contributed by atoms with E-state index in [9.17, 15) is 15.2 Å². The van der Waals surface area contributed by atoms with E-state index in [-0.39, 0.29) is 11.4 Å². The number of nitro groups is 1. The first kappa shape index (κ1) is 15.3. The third-order valence-electron chi connectivity index (χ3n) is 3.23. The Bertz CT molecular complexity index is 702. The highest BCUT2D eigenvalue weighted by atomic mass is 79.9. The van der Waals surface area contributed by atoms with Crippen molar-refractivity contribution in [3.8, 4) is 5.75 Å². The Kier molecular flexibility index (Phi) is 4.47. The highest BCUT2D eigenvalue weighted by Crippen LogP contribution is 2.28. The molecule has 0 unspecified atom stereocenters. The van der Waals surface area contributed by atoms with Gasteiger partial charge >= 0.3 is 0 Å². The Balaban J connectivity index is 2.19. The summed E-state index contributed by atoms with van der Waals surface area (Å²) in [5, 5.41) is 23.8. The van der Waals surface area contributed by atoms with Crippen LogP contribution in [0.25, 0.3) is 0 Å². The third-order valence-corrected chi connectivity index (χ3v) is 3.90. The van der Waals surface area contributed by atoms with Gasteiger partial charge in [0, 0.05) is 18.3 Å². The van der Waals surface area contributed by atoms with Crippen LogP contribution in [0.4, 0.5) is 11.4 Å². The van der Waals surface area contributed by atoms with Crippen LogP contribution in [0.5, 0.6) is 5.75 Å². The number of nitrogens with zero attached hydrogens (tertiary/aromatic N) is 1. The lowest BCUT2D eigenvalue weighted by atomic mass is 10.1. The number of nitrogens with one attached hydrogen (secondary N) is 1. The minimum atomic E-state index is -0.413. The van der Waals surface area contributed by atoms with Gasteiger partial charge in [-0.25, -0.2) is 0 Å². The van der Waals surface area contributed by atoms with E-state index in [0.717, 1.165) is 22.4 Å². The van der Waals surface area contributed by atoms with Crippen molar-refractivity contribution in [2.24, 2.45) is 0 Å². The molecule has 2 aromatic rings. The molecule has 0 saturated heterocycles. The van der Waals surface area contributed by atoms with Gasteiger partial charge in [-0.1, -0.05) is 6.07 Å². The molecule has 2 aromatic carbocycles. The van der Waals surface area contributed by atoms with Gasteiger partial charge in [-0.15, -0.1) is 0 Å². The largest absolute Gasteiger partial charge is 0.508 e. The number of anilines is 1. The van der Waals surface area contributed by atoms with Gasteiger partial charge in [-0.3, -0.25) is 10.1 Å². The Morgan fingerprint density at radius 1 is 1.24 bits per heavy atom. The van der Waals surface area contributed by atoms with E-state index in [0.29, 0.717) is 11.0 Å². The minimum absolute atomic E-state index is 0.0490. The number of phenolic OH excluding ortho intramolecular Hbond substituents is 1. The molecule has 0 heterocycles. The van der Waals surface area contributed by atoms with Crippen LogP contribution in [0.3, 0.4) is 0 Å². The Labute approximate surface area is 130 Å². The molecular formula is C15H15BrN2O3. The predicted molar refractivity (Wildman–Crippen MR) is 85.7 cm³/mol. The van der Waals surface area contributed by atoms with E-state index in [4.69, 9.17) is 0 Å². The van der Waals surface area contributed by atoms with Crippen LogP contribution < -0.4 is 5.32 Å². The Hall–Kier alpha value is -2.08. The average molecular weight is 351 g/mol. The molecule has 0 radical (unpaired) electrons. The first-order valence-corrected chi connectivity index (χ1v) is 7.14. The fourth-order valence-electron chi connectivity index (χ4n) is 2.00. The van der Waals surface area contributed by atoms with Crippen LogP contribution in [0.15, 0.2) is 34.8 Å². The lowest BCUT2D eigenvalue weighted by Gasteiger charge is -2.12. The van der Waals surface area contributed by atoms with Crippen molar-refractivity contribution >= 4 is 27.3 Å². The summed E-state index contributed by atoms with van der Waals surface area (Å²) in [6, 6.07) is 8.59. The SMILES string of the molecule is Cc1cc(NCc2ccc(Br)c([N+](=O)[O-])c2)c(C)cc1O. The zero-order valence-corrected chi connectivity index (χ0v) is 13.3. The third kappa shape index (κ3) is 3.52. The molecule has 2 rings (SSSR count). The fraction of sp³-hybridized carbons (Fsp3) is 0.200. The van der Waals surface area contributed by atoms with E-state index >= 15 is 0 Å². The smallest absolute Gasteiger partial charge is 0.283 e. The van der Waals surface area contributed by atoms with E-state index < -0.39 is 4.92 Å². The summed E-state index contributed by atoms with van der Waals surface area (Å²) >= 11 is 3.17. The zero-order chi connectivity index (χ0) is 15.6. The highest BCUT2D eigenvalue weighted by molar-refractivity contribution is 9.10. The summed E-state index contributed by atoms with van der Waals surface area (Å²) in [5.74, 6) is 0.261. The lowest BCUT2D eigenvalue weighted by molar-refractivity contribution is -0.385. The molecule has 0 amide bonds. The summed E-state index contributed by atoms with van der Waals surface area (Å²) in [6.07, 6.45) is 0. The first-order valence-electron chi connectivity index (χ1n) is 6.35. The van der Waals surface area contributed by atoms with Crippen molar-refractivity contribution in [1.82, 2.24) is 0 Å². The maximum absolute atomic E-state index is 10.9. The molecule has 0 saturated carbocycles. The van der Waals surface area contributed by atoms with Crippen LogP contribution in [0.2, 0.25) is 0 Å². The molecule has 0 fully saturated rings. The topological polar surface area (TPSA) is 75.4 Å². The normalized spacial score (nSPS) is 10.4. The van der Waals surface area contributed by atoms with Gasteiger partial charge in [0.2, 0.25) is 0 Å². The predicted octanol–water partition coefficient (Wildman–Crippen LogP) is 4.29. The van der Waals surface area contributed by atoms with E-state index in [1.54, 1.807) is 18.2 Å². The quantitative estimate of drug-likeness (QED) is 0.489. The number of aryl methyl sites for hydroxylation is 2. The second-order valence-corrected chi connectivity index (χ2v) is 5.70. The molecule has 0 aliphatic carbocycles. The molecule has 0 aromatic heterocycles. The molecule has 0 aliphatic heterocycles. The molecule has 5 nitrogen and oxygen atoms in total. The van der Waals surface area contributed by atoms with Gasteiger partial charge in [0.1, 0.15) is 5.75 Å². The maximum Gasteiger partial charge on any atom is 0.283 e. The number of hydrogen-bond acceptors (Lipinski definition) is 4. The average Bonchev–Trinajstić information content (AvgIpc) is 2.42. The maximum atomic E-state index is 10.9. The Morgan fingerprint density at radius 3 is 2.62 bits per heavy atom. The number of benzene rings is 2.